The van der Waals surface area contributed by atoms with Crippen molar-refractivity contribution in [3.05, 3.63) is 81.1 Å². The number of aryl methyl sites for hydroxylation is 1. The van der Waals surface area contributed by atoms with Gasteiger partial charge in [-0.15, -0.1) is 0 Å². The Balaban J connectivity index is 1.78. The molecule has 5 rings (SSSR count). The normalized spacial score (nSPS) is 17.4. The second-order valence-electron chi connectivity index (χ2n) is 8.17. The van der Waals surface area contributed by atoms with Gasteiger partial charge in [0.05, 0.1) is 23.9 Å². The molecule has 158 valence electrons. The maximum Gasteiger partial charge on any atom is 0.258 e. The highest BCUT2D eigenvalue weighted by Gasteiger charge is 2.33. The molecule has 1 fully saturated rings. The van der Waals surface area contributed by atoms with Gasteiger partial charge in [0, 0.05) is 29.2 Å². The molecule has 2 aromatic carbocycles. The number of aliphatic hydroxyl groups is 1. The average molecular weight is 435 g/mol. The molecule has 0 radical (unpaired) electrons. The van der Waals surface area contributed by atoms with Crippen molar-refractivity contribution < 1.29 is 9.90 Å². The molecule has 3 heterocycles. The highest BCUT2D eigenvalue weighted by atomic mass is 35.5. The largest absolute Gasteiger partial charge is 0.394 e. The van der Waals surface area contributed by atoms with Crippen LogP contribution in [0.25, 0.3) is 22.4 Å². The number of rotatable bonds is 3. The molecule has 1 saturated heterocycles. The van der Waals surface area contributed by atoms with Crippen molar-refractivity contribution in [2.75, 3.05) is 13.2 Å². The summed E-state index contributed by atoms with van der Waals surface area (Å²) in [6.45, 7) is 1.05. The van der Waals surface area contributed by atoms with Crippen molar-refractivity contribution in [3.63, 3.8) is 0 Å². The number of amides is 1. The van der Waals surface area contributed by atoms with Crippen molar-refractivity contribution in [2.45, 2.75) is 31.8 Å². The standard InChI is InChI=1S/C25H23ClN2O3/c26-18-9-8-17-10-12-28-23(20(17)13-18)22(25(31)27-11-4-7-19(27)15-29)14-21(24(28)30)16-5-2-1-3-6-16/h1-3,5-6,8-9,13-14,19,29H,4,7,10-12,15H2/t19-/m0/s1. The number of halogens is 1. The fraction of sp³-hybridized carbons (Fsp3) is 0.280. The lowest BCUT2D eigenvalue weighted by Crippen LogP contribution is -2.39. The second kappa shape index (κ2) is 7.98. The quantitative estimate of drug-likeness (QED) is 0.678. The van der Waals surface area contributed by atoms with Gasteiger partial charge < -0.3 is 14.6 Å². The minimum Gasteiger partial charge on any atom is -0.394 e. The first kappa shape index (κ1) is 20.0. The van der Waals surface area contributed by atoms with E-state index < -0.39 is 0 Å². The van der Waals surface area contributed by atoms with Crippen molar-refractivity contribution in [2.24, 2.45) is 0 Å². The first-order valence-corrected chi connectivity index (χ1v) is 11.0. The van der Waals surface area contributed by atoms with E-state index >= 15 is 0 Å². The lowest BCUT2D eigenvalue weighted by molar-refractivity contribution is 0.0677. The van der Waals surface area contributed by atoms with Crippen LogP contribution >= 0.6 is 11.6 Å². The van der Waals surface area contributed by atoms with Gasteiger partial charge >= 0.3 is 0 Å². The molecule has 1 atom stereocenters. The molecule has 0 saturated carbocycles. The van der Waals surface area contributed by atoms with Gasteiger partial charge in [0.15, 0.2) is 0 Å². The molecule has 5 nitrogen and oxygen atoms in total. The molecule has 2 aliphatic heterocycles. The molecule has 1 amide bonds. The van der Waals surface area contributed by atoms with Gasteiger partial charge in [-0.2, -0.15) is 0 Å². The Kier molecular flexibility index (Phi) is 5.16. The van der Waals surface area contributed by atoms with Crippen LogP contribution in [0.15, 0.2) is 59.4 Å². The van der Waals surface area contributed by atoms with Gasteiger partial charge in [0.2, 0.25) is 0 Å². The number of benzene rings is 2. The monoisotopic (exact) mass is 434 g/mol. The molecule has 0 spiro atoms. The number of pyridine rings is 1. The van der Waals surface area contributed by atoms with Crippen LogP contribution < -0.4 is 5.56 Å². The molecule has 1 N–H and O–H groups in total. The maximum atomic E-state index is 13.7. The highest BCUT2D eigenvalue weighted by molar-refractivity contribution is 6.31. The summed E-state index contributed by atoms with van der Waals surface area (Å²) in [5, 5.41) is 10.3. The molecule has 0 aliphatic carbocycles. The summed E-state index contributed by atoms with van der Waals surface area (Å²) >= 11 is 6.30. The van der Waals surface area contributed by atoms with Crippen molar-refractivity contribution >= 4 is 17.5 Å². The van der Waals surface area contributed by atoms with Gasteiger partial charge in [-0.1, -0.05) is 48.0 Å². The zero-order valence-electron chi connectivity index (χ0n) is 17.1. The van der Waals surface area contributed by atoms with E-state index in [0.717, 1.165) is 29.5 Å². The van der Waals surface area contributed by atoms with E-state index in [0.29, 0.717) is 41.4 Å². The Labute approximate surface area is 185 Å². The summed E-state index contributed by atoms with van der Waals surface area (Å²) in [7, 11) is 0. The van der Waals surface area contributed by atoms with E-state index in [4.69, 9.17) is 11.6 Å². The number of likely N-dealkylation sites (tertiary alicyclic amines) is 1. The third kappa shape index (κ3) is 3.38. The molecule has 0 bridgehead atoms. The maximum absolute atomic E-state index is 13.7. The summed E-state index contributed by atoms with van der Waals surface area (Å²) in [5.74, 6) is -0.148. The summed E-state index contributed by atoms with van der Waals surface area (Å²) in [5.41, 5.74) is 4.21. The zero-order valence-corrected chi connectivity index (χ0v) is 17.8. The number of carbonyl (C=O) groups is 1. The minimum absolute atomic E-state index is 0.0608. The Bertz CT molecular complexity index is 1220. The van der Waals surface area contributed by atoms with E-state index in [2.05, 4.69) is 0 Å². The first-order chi connectivity index (χ1) is 15.1. The number of hydrogen-bond acceptors (Lipinski definition) is 3. The van der Waals surface area contributed by atoms with Crippen LogP contribution in [-0.4, -0.2) is 39.7 Å². The summed E-state index contributed by atoms with van der Waals surface area (Å²) in [6, 6.07) is 16.6. The third-order valence-electron chi connectivity index (χ3n) is 6.39. The Hall–Kier alpha value is -2.89. The van der Waals surface area contributed by atoms with Gasteiger partial charge in [-0.3, -0.25) is 9.59 Å². The number of carbonyl (C=O) groups excluding carboxylic acids is 1. The summed E-state index contributed by atoms with van der Waals surface area (Å²) in [6.07, 6.45) is 2.35. The smallest absolute Gasteiger partial charge is 0.258 e. The molecule has 6 heteroatoms. The number of aliphatic hydroxyl groups excluding tert-OH is 1. The highest BCUT2D eigenvalue weighted by Crippen LogP contribution is 2.36. The molecule has 0 unspecified atom stereocenters. The van der Waals surface area contributed by atoms with E-state index in [1.807, 2.05) is 48.5 Å². The topological polar surface area (TPSA) is 62.5 Å². The summed E-state index contributed by atoms with van der Waals surface area (Å²) < 4.78 is 1.72. The molecular weight excluding hydrogens is 412 g/mol. The lowest BCUT2D eigenvalue weighted by atomic mass is 9.92. The minimum atomic E-state index is -0.192. The molecule has 2 aliphatic rings. The van der Waals surface area contributed by atoms with Crippen LogP contribution in [0.2, 0.25) is 5.02 Å². The zero-order chi connectivity index (χ0) is 21.5. The van der Waals surface area contributed by atoms with Gasteiger partial charge in [-0.05, 0) is 48.6 Å². The number of nitrogens with zero attached hydrogens (tertiary/aromatic N) is 2. The van der Waals surface area contributed by atoms with Crippen LogP contribution in [0.1, 0.15) is 28.8 Å². The molecular formula is C25H23ClN2O3. The lowest BCUT2D eigenvalue weighted by Gasteiger charge is -2.29. The fourth-order valence-electron chi connectivity index (χ4n) is 4.83. The predicted octanol–water partition coefficient (Wildman–Crippen LogP) is 3.99. The van der Waals surface area contributed by atoms with E-state index in [1.54, 1.807) is 15.5 Å². The Morgan fingerprint density at radius 2 is 1.87 bits per heavy atom. The Morgan fingerprint density at radius 1 is 1.06 bits per heavy atom. The number of fused-ring (bicyclic) bond motifs is 3. The van der Waals surface area contributed by atoms with Gasteiger partial charge in [-0.25, -0.2) is 0 Å². The van der Waals surface area contributed by atoms with E-state index in [1.165, 1.54) is 0 Å². The average Bonchev–Trinajstić information content (AvgIpc) is 3.28. The number of hydrogen-bond donors (Lipinski definition) is 1. The van der Waals surface area contributed by atoms with Crippen molar-refractivity contribution in [1.82, 2.24) is 9.47 Å². The fourth-order valence-corrected chi connectivity index (χ4v) is 5.00. The van der Waals surface area contributed by atoms with Gasteiger partial charge in [0.25, 0.3) is 11.5 Å². The Morgan fingerprint density at radius 3 is 2.65 bits per heavy atom. The van der Waals surface area contributed by atoms with E-state index in [9.17, 15) is 14.7 Å². The van der Waals surface area contributed by atoms with Crippen LogP contribution in [0.3, 0.4) is 0 Å². The van der Waals surface area contributed by atoms with Crippen molar-refractivity contribution in [3.8, 4) is 22.4 Å². The van der Waals surface area contributed by atoms with E-state index in [-0.39, 0.29) is 24.1 Å². The summed E-state index contributed by atoms with van der Waals surface area (Å²) in [4.78, 5) is 29.0. The van der Waals surface area contributed by atoms with Crippen LogP contribution in [0.4, 0.5) is 0 Å². The van der Waals surface area contributed by atoms with Crippen LogP contribution in [0.5, 0.6) is 0 Å². The molecule has 31 heavy (non-hydrogen) atoms. The first-order valence-electron chi connectivity index (χ1n) is 10.6. The third-order valence-corrected chi connectivity index (χ3v) is 6.62. The van der Waals surface area contributed by atoms with Gasteiger partial charge in [0.1, 0.15) is 0 Å². The SMILES string of the molecule is O=C(c1cc(-c2ccccc2)c(=O)n2c1-c1cc(Cl)ccc1CC2)N1CCC[C@H]1CO. The predicted molar refractivity (Wildman–Crippen MR) is 121 cm³/mol. The molecule has 3 aromatic rings. The number of aromatic nitrogens is 1. The van der Waals surface area contributed by atoms with Crippen LogP contribution in [-0.2, 0) is 13.0 Å². The van der Waals surface area contributed by atoms with Crippen LogP contribution in [0, 0.1) is 0 Å². The second-order valence-corrected chi connectivity index (χ2v) is 8.61. The molecule has 1 aromatic heterocycles. The van der Waals surface area contributed by atoms with Crippen molar-refractivity contribution in [1.29, 1.82) is 0 Å².